The van der Waals surface area contributed by atoms with Gasteiger partial charge < -0.3 is 10.1 Å². The van der Waals surface area contributed by atoms with Crippen molar-refractivity contribution in [3.63, 3.8) is 0 Å². The summed E-state index contributed by atoms with van der Waals surface area (Å²) in [5.41, 5.74) is 0. The molecule has 2 aliphatic rings. The van der Waals surface area contributed by atoms with Crippen molar-refractivity contribution in [2.24, 2.45) is 11.8 Å². The van der Waals surface area contributed by atoms with Crippen molar-refractivity contribution in [1.29, 1.82) is 0 Å². The molecule has 1 N–H and O–H groups in total. The first-order valence-electron chi connectivity index (χ1n) is 6.55. The largest absolute Gasteiger partial charge is 0.384 e. The predicted octanol–water partition coefficient (Wildman–Crippen LogP) is 0.826. The molecule has 0 amide bonds. The number of ether oxygens (including phenoxy) is 1. The zero-order chi connectivity index (χ0) is 12.3. The average molecular weight is 261 g/mol. The Balaban J connectivity index is 1.67. The molecule has 0 unspecified atom stereocenters. The van der Waals surface area contributed by atoms with Crippen LogP contribution in [0, 0.1) is 11.8 Å². The Morgan fingerprint density at radius 3 is 2.24 bits per heavy atom. The molecule has 0 heterocycles. The molecule has 17 heavy (non-hydrogen) atoms. The Morgan fingerprint density at radius 2 is 1.76 bits per heavy atom. The molecule has 0 bridgehead atoms. The lowest BCUT2D eigenvalue weighted by atomic mass is 10.1. The summed E-state index contributed by atoms with van der Waals surface area (Å²) in [6, 6.07) is 0.590. The van der Waals surface area contributed by atoms with E-state index in [-0.39, 0.29) is 11.5 Å². The summed E-state index contributed by atoms with van der Waals surface area (Å²) in [5.74, 6) is 2.03. The Hall–Kier alpha value is -0.130. The second-order valence-corrected chi connectivity index (χ2v) is 7.60. The van der Waals surface area contributed by atoms with Crippen molar-refractivity contribution in [3.05, 3.63) is 0 Å². The van der Waals surface area contributed by atoms with E-state index in [0.717, 1.165) is 11.8 Å². The first-order chi connectivity index (χ1) is 8.12. The highest BCUT2D eigenvalue weighted by Gasteiger charge is 2.40. The Bertz CT molecular complexity index is 322. The molecule has 0 saturated heterocycles. The van der Waals surface area contributed by atoms with Gasteiger partial charge in [-0.3, -0.25) is 0 Å². The summed E-state index contributed by atoms with van der Waals surface area (Å²) in [4.78, 5) is 0. The summed E-state index contributed by atoms with van der Waals surface area (Å²) in [6.45, 7) is 0.903. The molecule has 2 aliphatic carbocycles. The van der Waals surface area contributed by atoms with Gasteiger partial charge in [0.25, 0.3) is 0 Å². The van der Waals surface area contributed by atoms with E-state index in [1.165, 1.54) is 32.8 Å². The summed E-state index contributed by atoms with van der Waals surface area (Å²) in [5, 5.41) is 3.46. The van der Waals surface area contributed by atoms with Gasteiger partial charge in [0, 0.05) is 19.7 Å². The van der Waals surface area contributed by atoms with E-state index in [9.17, 15) is 8.42 Å². The van der Waals surface area contributed by atoms with Gasteiger partial charge >= 0.3 is 0 Å². The zero-order valence-electron chi connectivity index (χ0n) is 10.5. The summed E-state index contributed by atoms with van der Waals surface area (Å²) < 4.78 is 28.0. The monoisotopic (exact) mass is 261 g/mol. The van der Waals surface area contributed by atoms with Gasteiger partial charge in [0.1, 0.15) is 0 Å². The van der Waals surface area contributed by atoms with Crippen LogP contribution < -0.4 is 5.32 Å². The van der Waals surface area contributed by atoms with Crippen LogP contribution in [0.2, 0.25) is 0 Å². The van der Waals surface area contributed by atoms with Crippen molar-refractivity contribution in [1.82, 2.24) is 5.32 Å². The molecule has 0 aliphatic heterocycles. The van der Waals surface area contributed by atoms with E-state index in [1.807, 2.05) is 0 Å². The average Bonchev–Trinajstić information content (AvgIpc) is 3.14. The molecular formula is C12H23NO3S. The first kappa shape index (κ1) is 13.3. The van der Waals surface area contributed by atoms with Crippen molar-refractivity contribution in [2.75, 3.05) is 31.8 Å². The molecule has 0 aromatic heterocycles. The van der Waals surface area contributed by atoms with Crippen molar-refractivity contribution in [2.45, 2.75) is 31.7 Å². The van der Waals surface area contributed by atoms with Gasteiger partial charge in [0.15, 0.2) is 9.84 Å². The van der Waals surface area contributed by atoms with E-state index < -0.39 is 9.84 Å². The number of rotatable bonds is 9. The minimum Gasteiger partial charge on any atom is -0.384 e. The zero-order valence-corrected chi connectivity index (χ0v) is 11.3. The van der Waals surface area contributed by atoms with Gasteiger partial charge in [0.2, 0.25) is 0 Å². The van der Waals surface area contributed by atoms with E-state index >= 15 is 0 Å². The molecule has 0 radical (unpaired) electrons. The molecule has 0 aromatic carbocycles. The van der Waals surface area contributed by atoms with E-state index in [0.29, 0.717) is 19.2 Å². The number of methoxy groups -OCH3 is 1. The lowest BCUT2D eigenvalue weighted by Gasteiger charge is -2.17. The van der Waals surface area contributed by atoms with Gasteiger partial charge in [-0.2, -0.15) is 0 Å². The topological polar surface area (TPSA) is 55.4 Å². The SMILES string of the molecule is COCCS(=O)(=O)CCNC(C1CC1)C1CC1. The number of hydrogen-bond donors (Lipinski definition) is 1. The molecular weight excluding hydrogens is 238 g/mol. The molecule has 0 atom stereocenters. The molecule has 2 rings (SSSR count). The number of hydrogen-bond acceptors (Lipinski definition) is 4. The van der Waals surface area contributed by atoms with Crippen LogP contribution >= 0.6 is 0 Å². The van der Waals surface area contributed by atoms with Gasteiger partial charge in [-0.25, -0.2) is 8.42 Å². The standard InChI is InChI=1S/C12H23NO3S/c1-16-7-9-17(14,15)8-6-13-12(10-2-3-10)11-4-5-11/h10-13H,2-9H2,1H3. The molecule has 100 valence electrons. The highest BCUT2D eigenvalue weighted by atomic mass is 32.2. The van der Waals surface area contributed by atoms with Crippen LogP contribution in [0.25, 0.3) is 0 Å². The molecule has 0 spiro atoms. The number of nitrogens with one attached hydrogen (secondary N) is 1. The maximum Gasteiger partial charge on any atom is 0.153 e. The lowest BCUT2D eigenvalue weighted by molar-refractivity contribution is 0.217. The van der Waals surface area contributed by atoms with Gasteiger partial charge in [-0.05, 0) is 37.5 Å². The summed E-state index contributed by atoms with van der Waals surface area (Å²) in [6.07, 6.45) is 5.30. The second-order valence-electron chi connectivity index (χ2n) is 5.30. The van der Waals surface area contributed by atoms with Crippen LogP contribution in [0.5, 0.6) is 0 Å². The van der Waals surface area contributed by atoms with Crippen LogP contribution in [0.15, 0.2) is 0 Å². The molecule has 2 saturated carbocycles. The third-order valence-corrected chi connectivity index (χ3v) is 5.27. The van der Waals surface area contributed by atoms with Crippen molar-refractivity contribution < 1.29 is 13.2 Å². The molecule has 4 nitrogen and oxygen atoms in total. The third kappa shape index (κ3) is 4.56. The fourth-order valence-corrected chi connectivity index (χ4v) is 3.38. The Morgan fingerprint density at radius 1 is 1.18 bits per heavy atom. The Labute approximate surface area is 104 Å². The maximum atomic E-state index is 11.6. The highest BCUT2D eigenvalue weighted by Crippen LogP contribution is 2.44. The fourth-order valence-electron chi connectivity index (χ4n) is 2.32. The highest BCUT2D eigenvalue weighted by molar-refractivity contribution is 7.91. The van der Waals surface area contributed by atoms with Gasteiger partial charge in [0.05, 0.1) is 18.1 Å². The second kappa shape index (κ2) is 5.67. The van der Waals surface area contributed by atoms with Gasteiger partial charge in [-0.15, -0.1) is 0 Å². The minimum atomic E-state index is -2.94. The van der Waals surface area contributed by atoms with Gasteiger partial charge in [-0.1, -0.05) is 0 Å². The lowest BCUT2D eigenvalue weighted by Crippen LogP contribution is -2.37. The molecule has 2 fully saturated rings. The summed E-state index contributed by atoms with van der Waals surface area (Å²) in [7, 11) is -1.41. The van der Waals surface area contributed by atoms with E-state index in [1.54, 1.807) is 0 Å². The van der Waals surface area contributed by atoms with Crippen molar-refractivity contribution in [3.8, 4) is 0 Å². The first-order valence-corrected chi connectivity index (χ1v) is 8.37. The predicted molar refractivity (Wildman–Crippen MR) is 67.8 cm³/mol. The van der Waals surface area contributed by atoms with Crippen molar-refractivity contribution >= 4 is 9.84 Å². The van der Waals surface area contributed by atoms with Crippen LogP contribution in [0.1, 0.15) is 25.7 Å². The number of sulfone groups is 1. The van der Waals surface area contributed by atoms with Crippen LogP contribution in [-0.2, 0) is 14.6 Å². The van der Waals surface area contributed by atoms with Crippen LogP contribution in [-0.4, -0.2) is 46.2 Å². The van der Waals surface area contributed by atoms with Crippen LogP contribution in [0.3, 0.4) is 0 Å². The third-order valence-electron chi connectivity index (χ3n) is 3.65. The van der Waals surface area contributed by atoms with E-state index in [2.05, 4.69) is 5.32 Å². The minimum absolute atomic E-state index is 0.142. The quantitative estimate of drug-likeness (QED) is 0.668. The smallest absolute Gasteiger partial charge is 0.153 e. The Kier molecular flexibility index (Phi) is 4.44. The molecule has 5 heteroatoms. The normalized spacial score (nSPS) is 21.1. The summed E-state index contributed by atoms with van der Waals surface area (Å²) >= 11 is 0. The van der Waals surface area contributed by atoms with E-state index in [4.69, 9.17) is 4.74 Å². The maximum absolute atomic E-state index is 11.6. The fraction of sp³-hybridized carbons (Fsp3) is 1.00. The van der Waals surface area contributed by atoms with Crippen LogP contribution in [0.4, 0.5) is 0 Å². The molecule has 0 aromatic rings.